The minimum atomic E-state index is 0.457. The lowest BCUT2D eigenvalue weighted by atomic mass is 10.1. The third-order valence-corrected chi connectivity index (χ3v) is 3.30. The second kappa shape index (κ2) is 5.93. The molecule has 0 bridgehead atoms. The van der Waals surface area contributed by atoms with Crippen LogP contribution in [0.25, 0.3) is 11.4 Å². The summed E-state index contributed by atoms with van der Waals surface area (Å²) in [5.41, 5.74) is 3.14. The molecule has 3 aromatic rings. The van der Waals surface area contributed by atoms with Crippen LogP contribution in [-0.2, 0) is 0 Å². The van der Waals surface area contributed by atoms with Crippen molar-refractivity contribution < 1.29 is 0 Å². The van der Waals surface area contributed by atoms with E-state index in [1.54, 1.807) is 10.9 Å². The van der Waals surface area contributed by atoms with Crippen molar-refractivity contribution in [1.29, 1.82) is 0 Å². The number of benzene rings is 2. The monoisotopic (exact) mass is 294 g/mol. The quantitative estimate of drug-likeness (QED) is 0.594. The maximum atomic E-state index is 4.43. The van der Waals surface area contributed by atoms with Gasteiger partial charge in [0.1, 0.15) is 0 Å². The minimum Gasteiger partial charge on any atom is -0.187 e. The Labute approximate surface area is 128 Å². The van der Waals surface area contributed by atoms with Crippen LogP contribution in [0.15, 0.2) is 64.9 Å². The number of hydrogen-bond acceptors (Lipinski definition) is 4. The van der Waals surface area contributed by atoms with Gasteiger partial charge in [-0.25, -0.2) is 0 Å². The Morgan fingerprint density at radius 2 is 1.86 bits per heavy atom. The third-order valence-electron chi connectivity index (χ3n) is 3.02. The summed E-state index contributed by atoms with van der Waals surface area (Å²) >= 11 is 4.32. The molecule has 5 heteroatoms. The van der Waals surface area contributed by atoms with Crippen LogP contribution in [0.1, 0.15) is 11.1 Å². The molecule has 2 aromatic carbocycles. The molecule has 4 nitrogen and oxygen atoms in total. The molecule has 0 radical (unpaired) electrons. The highest BCUT2D eigenvalue weighted by molar-refractivity contribution is 7.80. The first-order valence-electron chi connectivity index (χ1n) is 6.55. The van der Waals surface area contributed by atoms with Crippen LogP contribution in [0.3, 0.4) is 0 Å². The Hall–Kier alpha value is -2.40. The van der Waals surface area contributed by atoms with Gasteiger partial charge in [0.15, 0.2) is 5.82 Å². The molecule has 0 unspecified atom stereocenters. The number of rotatable bonds is 3. The Morgan fingerprint density at radius 3 is 2.62 bits per heavy atom. The maximum Gasteiger partial charge on any atom is 0.209 e. The van der Waals surface area contributed by atoms with E-state index in [1.165, 1.54) is 0 Å². The molecule has 0 saturated carbocycles. The van der Waals surface area contributed by atoms with Gasteiger partial charge in [-0.1, -0.05) is 54.1 Å². The molecule has 0 atom stereocenters. The van der Waals surface area contributed by atoms with Crippen LogP contribution in [0.2, 0.25) is 0 Å². The molecule has 0 amide bonds. The molecule has 0 fully saturated rings. The minimum absolute atomic E-state index is 0.457. The van der Waals surface area contributed by atoms with Gasteiger partial charge in [-0.3, -0.25) is 0 Å². The Morgan fingerprint density at radius 1 is 1.05 bits per heavy atom. The van der Waals surface area contributed by atoms with Crippen LogP contribution in [0, 0.1) is 6.92 Å². The van der Waals surface area contributed by atoms with Crippen molar-refractivity contribution in [3.8, 4) is 11.4 Å². The summed E-state index contributed by atoms with van der Waals surface area (Å²) in [4.78, 5) is 0. The second-order valence-corrected chi connectivity index (χ2v) is 5.06. The van der Waals surface area contributed by atoms with Gasteiger partial charge in [-0.2, -0.15) is 9.78 Å². The van der Waals surface area contributed by atoms with Crippen LogP contribution in [0.4, 0.5) is 0 Å². The predicted molar refractivity (Wildman–Crippen MR) is 86.9 cm³/mol. The molecule has 0 spiro atoms. The summed E-state index contributed by atoms with van der Waals surface area (Å²) in [6, 6.07) is 17.9. The highest BCUT2D eigenvalue weighted by atomic mass is 32.1. The molecule has 21 heavy (non-hydrogen) atoms. The molecule has 104 valence electrons. The fraction of sp³-hybridized carbons (Fsp3) is 0.0625. The number of thiol groups is 1. The Bertz CT molecular complexity index is 778. The summed E-state index contributed by atoms with van der Waals surface area (Å²) in [6.07, 6.45) is 1.77. The predicted octanol–water partition coefficient (Wildman–Crippen LogP) is 3.42. The van der Waals surface area contributed by atoms with E-state index in [0.29, 0.717) is 11.0 Å². The molecular weight excluding hydrogens is 280 g/mol. The van der Waals surface area contributed by atoms with E-state index in [-0.39, 0.29) is 0 Å². The van der Waals surface area contributed by atoms with Gasteiger partial charge in [0.25, 0.3) is 0 Å². The van der Waals surface area contributed by atoms with Crippen molar-refractivity contribution in [2.24, 2.45) is 5.10 Å². The molecule has 0 aliphatic carbocycles. The van der Waals surface area contributed by atoms with E-state index >= 15 is 0 Å². The normalized spacial score (nSPS) is 11.1. The molecule has 0 N–H and O–H groups in total. The first-order chi connectivity index (χ1) is 10.2. The van der Waals surface area contributed by atoms with Crippen LogP contribution < -0.4 is 0 Å². The average Bonchev–Trinajstić information content (AvgIpc) is 2.87. The summed E-state index contributed by atoms with van der Waals surface area (Å²) < 4.78 is 1.63. The van der Waals surface area contributed by atoms with Gasteiger partial charge in [0.05, 0.1) is 6.21 Å². The van der Waals surface area contributed by atoms with Gasteiger partial charge in [0.2, 0.25) is 5.16 Å². The lowest BCUT2D eigenvalue weighted by Crippen LogP contribution is -1.95. The number of hydrogen-bond donors (Lipinski definition) is 1. The first kappa shape index (κ1) is 13.6. The first-order valence-corrected chi connectivity index (χ1v) is 6.99. The van der Waals surface area contributed by atoms with Crippen LogP contribution in [0.5, 0.6) is 0 Å². The van der Waals surface area contributed by atoms with Crippen LogP contribution in [-0.4, -0.2) is 21.1 Å². The fourth-order valence-electron chi connectivity index (χ4n) is 2.01. The zero-order valence-electron chi connectivity index (χ0n) is 11.5. The Balaban J connectivity index is 2.00. The SMILES string of the molecule is Cc1cccc(-c2nnc(S)n2/N=C/c2ccccc2)c1. The van der Waals surface area contributed by atoms with Gasteiger partial charge in [-0.15, -0.1) is 22.8 Å². The molecule has 3 rings (SSSR count). The molecule has 0 aliphatic rings. The smallest absolute Gasteiger partial charge is 0.187 e. The number of aromatic nitrogens is 3. The second-order valence-electron chi connectivity index (χ2n) is 4.66. The van der Waals surface area contributed by atoms with E-state index in [2.05, 4.69) is 27.9 Å². The van der Waals surface area contributed by atoms with Crippen molar-refractivity contribution in [1.82, 2.24) is 14.9 Å². The largest absolute Gasteiger partial charge is 0.209 e. The van der Waals surface area contributed by atoms with Gasteiger partial charge in [-0.05, 0) is 18.6 Å². The highest BCUT2D eigenvalue weighted by Gasteiger charge is 2.10. The zero-order valence-corrected chi connectivity index (χ0v) is 12.4. The average molecular weight is 294 g/mol. The van der Waals surface area contributed by atoms with Crippen molar-refractivity contribution in [2.75, 3.05) is 0 Å². The van der Waals surface area contributed by atoms with Crippen molar-refractivity contribution in [2.45, 2.75) is 12.1 Å². The standard InChI is InChI=1S/C16H14N4S/c1-12-6-5-9-14(10-12)15-18-19-16(21)20(15)17-11-13-7-3-2-4-8-13/h2-11H,1H3,(H,19,21)/b17-11+. The van der Waals surface area contributed by atoms with Crippen molar-refractivity contribution >= 4 is 18.8 Å². The van der Waals surface area contributed by atoms with Crippen molar-refractivity contribution in [3.05, 3.63) is 65.7 Å². The van der Waals surface area contributed by atoms with E-state index < -0.39 is 0 Å². The van der Waals surface area contributed by atoms with E-state index in [9.17, 15) is 0 Å². The molecule has 0 aliphatic heterocycles. The summed E-state index contributed by atoms with van der Waals surface area (Å²) in [5, 5.41) is 13.0. The maximum absolute atomic E-state index is 4.43. The fourth-order valence-corrected chi connectivity index (χ4v) is 2.20. The van der Waals surface area contributed by atoms with E-state index in [0.717, 1.165) is 16.7 Å². The lowest BCUT2D eigenvalue weighted by Gasteiger charge is -2.03. The molecule has 0 saturated heterocycles. The van der Waals surface area contributed by atoms with E-state index in [4.69, 9.17) is 0 Å². The van der Waals surface area contributed by atoms with Crippen molar-refractivity contribution in [3.63, 3.8) is 0 Å². The summed E-state index contributed by atoms with van der Waals surface area (Å²) in [5.74, 6) is 0.677. The highest BCUT2D eigenvalue weighted by Crippen LogP contribution is 2.20. The molecular formula is C16H14N4S. The van der Waals surface area contributed by atoms with Crippen LogP contribution >= 0.6 is 12.6 Å². The van der Waals surface area contributed by atoms with Gasteiger partial charge < -0.3 is 0 Å². The molecule has 1 heterocycles. The summed E-state index contributed by atoms with van der Waals surface area (Å²) in [7, 11) is 0. The van der Waals surface area contributed by atoms with E-state index in [1.807, 2.05) is 61.5 Å². The van der Waals surface area contributed by atoms with Gasteiger partial charge in [0, 0.05) is 5.56 Å². The lowest BCUT2D eigenvalue weighted by molar-refractivity contribution is 0.776. The third kappa shape index (κ3) is 3.03. The zero-order chi connectivity index (χ0) is 14.7. The number of nitrogens with zero attached hydrogens (tertiary/aromatic N) is 4. The van der Waals surface area contributed by atoms with Gasteiger partial charge >= 0.3 is 0 Å². The number of aryl methyl sites for hydroxylation is 1. The Kier molecular flexibility index (Phi) is 3.83. The topological polar surface area (TPSA) is 43.1 Å². The molecule has 1 aromatic heterocycles. The summed E-state index contributed by atoms with van der Waals surface area (Å²) in [6.45, 7) is 2.04.